The normalized spacial score (nSPS) is 14.9. The average Bonchev–Trinajstić information content (AvgIpc) is 3.57. The summed E-state index contributed by atoms with van der Waals surface area (Å²) in [5.74, 6) is 1.04. The first kappa shape index (κ1) is 29.7. The highest BCUT2D eigenvalue weighted by atomic mass is 32.2. The monoisotopic (exact) mass is 568 g/mol. The number of carbonyl (C=O) groups excluding carboxylic acids is 1. The third-order valence-electron chi connectivity index (χ3n) is 7.88. The number of aliphatic hydroxyl groups is 1. The highest BCUT2D eigenvalue weighted by Crippen LogP contribution is 2.39. The summed E-state index contributed by atoms with van der Waals surface area (Å²) in [6, 6.07) is 14.3. The molecule has 1 aliphatic rings. The smallest absolute Gasteiger partial charge is 0.234 e. The molecule has 40 heavy (non-hydrogen) atoms. The zero-order chi connectivity index (χ0) is 28.9. The van der Waals surface area contributed by atoms with Crippen LogP contribution in [-0.2, 0) is 40.6 Å². The molecule has 8 nitrogen and oxygen atoms in total. The van der Waals surface area contributed by atoms with E-state index in [0.29, 0.717) is 30.4 Å². The molecule has 4 rings (SSSR count). The van der Waals surface area contributed by atoms with Crippen molar-refractivity contribution in [3.63, 3.8) is 0 Å². The van der Waals surface area contributed by atoms with Crippen LogP contribution in [0.1, 0.15) is 53.7 Å². The maximum absolute atomic E-state index is 12.1. The van der Waals surface area contributed by atoms with Gasteiger partial charge in [-0.3, -0.25) is 9.52 Å². The first-order valence-electron chi connectivity index (χ1n) is 13.8. The van der Waals surface area contributed by atoms with Crippen molar-refractivity contribution in [3.8, 4) is 11.5 Å². The Hall–Kier alpha value is -3.30. The van der Waals surface area contributed by atoms with E-state index in [1.807, 2.05) is 37.5 Å². The summed E-state index contributed by atoms with van der Waals surface area (Å²) < 4.78 is 38.6. The van der Waals surface area contributed by atoms with E-state index < -0.39 is 22.0 Å². The second kappa shape index (κ2) is 12.9. The molecule has 0 radical (unpaired) electrons. The summed E-state index contributed by atoms with van der Waals surface area (Å²) in [5.41, 5.74) is 5.33. The van der Waals surface area contributed by atoms with Gasteiger partial charge < -0.3 is 19.1 Å². The van der Waals surface area contributed by atoms with E-state index in [-0.39, 0.29) is 18.1 Å². The molecule has 2 atom stereocenters. The van der Waals surface area contributed by atoms with Crippen LogP contribution in [0.5, 0.6) is 11.5 Å². The molecule has 0 bridgehead atoms. The largest absolute Gasteiger partial charge is 0.496 e. The molecule has 1 amide bonds. The van der Waals surface area contributed by atoms with Crippen molar-refractivity contribution in [2.45, 2.75) is 58.6 Å². The van der Waals surface area contributed by atoms with E-state index in [2.05, 4.69) is 33.6 Å². The van der Waals surface area contributed by atoms with E-state index in [1.165, 1.54) is 18.1 Å². The lowest BCUT2D eigenvalue weighted by Gasteiger charge is -2.27. The molecule has 0 aliphatic heterocycles. The molecule has 0 spiro atoms. The van der Waals surface area contributed by atoms with Crippen LogP contribution < -0.4 is 14.2 Å². The maximum Gasteiger partial charge on any atom is 0.234 e. The number of ether oxygens (including phenoxy) is 2. The van der Waals surface area contributed by atoms with Crippen LogP contribution in [0.3, 0.4) is 0 Å². The molecule has 1 aromatic heterocycles. The zero-order valence-electron chi connectivity index (χ0n) is 23.7. The Morgan fingerprint density at radius 2 is 1.73 bits per heavy atom. The molecule has 9 heteroatoms. The van der Waals surface area contributed by atoms with Crippen molar-refractivity contribution < 1.29 is 27.8 Å². The molecule has 0 saturated carbocycles. The van der Waals surface area contributed by atoms with Crippen molar-refractivity contribution in [2.75, 3.05) is 20.0 Å². The van der Waals surface area contributed by atoms with Crippen molar-refractivity contribution in [2.24, 2.45) is 11.8 Å². The predicted octanol–water partition coefficient (Wildman–Crippen LogP) is 4.37. The van der Waals surface area contributed by atoms with Crippen LogP contribution in [0.2, 0.25) is 0 Å². The highest BCUT2D eigenvalue weighted by molar-refractivity contribution is 7.90. The summed E-state index contributed by atoms with van der Waals surface area (Å²) in [6.45, 7) is 4.01. The van der Waals surface area contributed by atoms with Gasteiger partial charge in [-0.1, -0.05) is 24.3 Å². The minimum absolute atomic E-state index is 0.0819. The van der Waals surface area contributed by atoms with E-state index >= 15 is 0 Å². The van der Waals surface area contributed by atoms with Crippen molar-refractivity contribution in [3.05, 3.63) is 82.7 Å². The lowest BCUT2D eigenvalue weighted by molar-refractivity contribution is -0.119. The molecular formula is C31H40N2O6S. The third-order valence-corrected chi connectivity index (χ3v) is 9.18. The standard InChI is InChI=1S/C31H40N2O6S/c1-5-40(36,37)32-30(34)11-10-22-12-13-33(19-22)20-27(16-23-14-24-8-6-7-9-25(24)15-23)31(35)26-17-28(38-3)21(2)29(18-26)39-4/h6-9,12-13,17-19,23,27,31,35H,5,10-11,14-16,20H2,1-4H3,(H,32,34)/t27-,31-/m1/s1. The number of amides is 1. The second-order valence-electron chi connectivity index (χ2n) is 10.7. The van der Waals surface area contributed by atoms with Gasteiger partial charge in [0, 0.05) is 36.8 Å². The van der Waals surface area contributed by atoms with E-state index in [0.717, 1.165) is 36.0 Å². The minimum atomic E-state index is -3.56. The summed E-state index contributed by atoms with van der Waals surface area (Å²) in [5, 5.41) is 11.7. The molecule has 0 fully saturated rings. The number of hydrogen-bond donors (Lipinski definition) is 2. The first-order valence-corrected chi connectivity index (χ1v) is 15.4. The van der Waals surface area contributed by atoms with Gasteiger partial charge in [-0.15, -0.1) is 0 Å². The number of aliphatic hydroxyl groups excluding tert-OH is 1. The molecular weight excluding hydrogens is 528 g/mol. The van der Waals surface area contributed by atoms with Crippen LogP contribution in [0, 0.1) is 18.8 Å². The van der Waals surface area contributed by atoms with Gasteiger partial charge in [0.15, 0.2) is 0 Å². The van der Waals surface area contributed by atoms with E-state index in [1.54, 1.807) is 14.2 Å². The Bertz CT molecular complexity index is 1380. The SMILES string of the molecule is CCS(=O)(=O)NC(=O)CCc1ccn(C[C@@H](CC2Cc3ccccc3C2)[C@H](O)c2cc(OC)c(C)c(OC)c2)c1. The number of aryl methyl sites for hydroxylation is 1. The molecule has 1 aliphatic carbocycles. The van der Waals surface area contributed by atoms with Crippen LogP contribution in [-0.4, -0.2) is 44.0 Å². The van der Waals surface area contributed by atoms with Gasteiger partial charge in [0.25, 0.3) is 0 Å². The van der Waals surface area contributed by atoms with Gasteiger partial charge >= 0.3 is 0 Å². The minimum Gasteiger partial charge on any atom is -0.496 e. The van der Waals surface area contributed by atoms with Crippen molar-refractivity contribution in [1.29, 1.82) is 0 Å². The fourth-order valence-electron chi connectivity index (χ4n) is 5.67. The number of hydrogen-bond acceptors (Lipinski definition) is 6. The number of nitrogens with one attached hydrogen (secondary N) is 1. The summed E-state index contributed by atoms with van der Waals surface area (Å²) in [7, 11) is -0.333. The number of sulfonamides is 1. The van der Waals surface area contributed by atoms with Gasteiger partial charge in [0.2, 0.25) is 15.9 Å². The van der Waals surface area contributed by atoms with Crippen LogP contribution >= 0.6 is 0 Å². The van der Waals surface area contributed by atoms with Gasteiger partial charge in [-0.25, -0.2) is 8.42 Å². The molecule has 1 heterocycles. The fraction of sp³-hybridized carbons (Fsp3) is 0.452. The number of carbonyl (C=O) groups is 1. The quantitative estimate of drug-likeness (QED) is 0.317. The number of fused-ring (bicyclic) bond motifs is 1. The average molecular weight is 569 g/mol. The number of aromatic nitrogens is 1. The van der Waals surface area contributed by atoms with E-state index in [4.69, 9.17) is 9.47 Å². The number of rotatable bonds is 13. The van der Waals surface area contributed by atoms with Crippen LogP contribution in [0.25, 0.3) is 0 Å². The Balaban J connectivity index is 1.52. The van der Waals surface area contributed by atoms with Gasteiger partial charge in [0.05, 0.1) is 26.1 Å². The topological polar surface area (TPSA) is 107 Å². The van der Waals surface area contributed by atoms with Crippen molar-refractivity contribution >= 4 is 15.9 Å². The van der Waals surface area contributed by atoms with Crippen LogP contribution in [0.15, 0.2) is 54.9 Å². The highest BCUT2D eigenvalue weighted by Gasteiger charge is 2.30. The second-order valence-corrected chi connectivity index (χ2v) is 12.7. The number of benzene rings is 2. The molecule has 0 saturated heterocycles. The Kier molecular flexibility index (Phi) is 9.58. The lowest BCUT2D eigenvalue weighted by Crippen LogP contribution is -2.31. The Labute approximate surface area is 237 Å². The van der Waals surface area contributed by atoms with E-state index in [9.17, 15) is 18.3 Å². The van der Waals surface area contributed by atoms with Gasteiger partial charge in [-0.05, 0) is 85.9 Å². The zero-order valence-corrected chi connectivity index (χ0v) is 24.5. The summed E-state index contributed by atoms with van der Waals surface area (Å²) in [4.78, 5) is 12.1. The fourth-order valence-corrected chi connectivity index (χ4v) is 6.27. The predicted molar refractivity (Wildman–Crippen MR) is 155 cm³/mol. The third kappa shape index (κ3) is 7.26. The molecule has 216 valence electrons. The number of methoxy groups -OCH3 is 2. The first-order chi connectivity index (χ1) is 19.1. The number of nitrogens with zero attached hydrogens (tertiary/aromatic N) is 1. The molecule has 2 aromatic carbocycles. The lowest BCUT2D eigenvalue weighted by atomic mass is 9.85. The molecule has 2 N–H and O–H groups in total. The van der Waals surface area contributed by atoms with Gasteiger partial charge in [-0.2, -0.15) is 0 Å². The maximum atomic E-state index is 12.1. The Morgan fingerprint density at radius 1 is 1.10 bits per heavy atom. The summed E-state index contributed by atoms with van der Waals surface area (Å²) >= 11 is 0. The van der Waals surface area contributed by atoms with Gasteiger partial charge in [0.1, 0.15) is 11.5 Å². The Morgan fingerprint density at radius 3 is 2.30 bits per heavy atom. The molecule has 0 unspecified atom stereocenters. The van der Waals surface area contributed by atoms with Crippen LogP contribution in [0.4, 0.5) is 0 Å². The van der Waals surface area contributed by atoms with Crippen molar-refractivity contribution in [1.82, 2.24) is 9.29 Å². The summed E-state index contributed by atoms with van der Waals surface area (Å²) in [6.07, 6.45) is 6.51. The molecule has 3 aromatic rings.